The number of esters is 1. The van der Waals surface area contributed by atoms with E-state index in [1.54, 1.807) is 18.2 Å². The van der Waals surface area contributed by atoms with Gasteiger partial charge < -0.3 is 15.8 Å². The molecule has 6 heteroatoms. The zero-order valence-electron chi connectivity index (χ0n) is 11.8. The third-order valence-corrected chi connectivity index (χ3v) is 3.46. The fourth-order valence-corrected chi connectivity index (χ4v) is 2.08. The summed E-state index contributed by atoms with van der Waals surface area (Å²) in [4.78, 5) is 35.0. The summed E-state index contributed by atoms with van der Waals surface area (Å²) in [6.45, 7) is 0. The maximum Gasteiger partial charge on any atom is 0.337 e. The number of carbonyl (C=O) groups is 3. The molecule has 0 saturated heterocycles. The largest absolute Gasteiger partial charge is 0.465 e. The van der Waals surface area contributed by atoms with Crippen LogP contribution in [0.2, 0.25) is 0 Å². The predicted molar refractivity (Wildman–Crippen MR) is 75.6 cm³/mol. The van der Waals surface area contributed by atoms with Crippen LogP contribution in [0, 0.1) is 5.92 Å². The highest BCUT2D eigenvalue weighted by Gasteiger charge is 2.29. The Balaban J connectivity index is 2.07. The maximum absolute atomic E-state index is 12.2. The minimum Gasteiger partial charge on any atom is -0.465 e. The Morgan fingerprint density at radius 2 is 2.00 bits per heavy atom. The van der Waals surface area contributed by atoms with Crippen LogP contribution >= 0.6 is 0 Å². The molecule has 0 spiro atoms. The highest BCUT2D eigenvalue weighted by atomic mass is 16.5. The van der Waals surface area contributed by atoms with E-state index in [9.17, 15) is 14.4 Å². The van der Waals surface area contributed by atoms with E-state index in [0.717, 1.165) is 12.8 Å². The molecule has 0 bridgehead atoms. The number of rotatable bonds is 6. The number of primary amides is 1. The van der Waals surface area contributed by atoms with Crippen LogP contribution in [0.15, 0.2) is 24.3 Å². The number of benzene rings is 1. The number of hydrogen-bond acceptors (Lipinski definition) is 4. The summed E-state index contributed by atoms with van der Waals surface area (Å²) in [6, 6.07) is 5.46. The molecule has 1 aromatic carbocycles. The number of amides is 2. The van der Waals surface area contributed by atoms with Gasteiger partial charge in [-0.2, -0.15) is 0 Å². The number of carbonyl (C=O) groups excluding carboxylic acids is 3. The van der Waals surface area contributed by atoms with Gasteiger partial charge in [-0.3, -0.25) is 9.59 Å². The zero-order valence-corrected chi connectivity index (χ0v) is 11.8. The van der Waals surface area contributed by atoms with Crippen molar-refractivity contribution in [2.45, 2.75) is 25.3 Å². The Kier molecular flexibility index (Phi) is 4.57. The van der Waals surface area contributed by atoms with E-state index in [4.69, 9.17) is 5.73 Å². The highest BCUT2D eigenvalue weighted by Crippen LogP contribution is 2.33. The van der Waals surface area contributed by atoms with Crippen LogP contribution in [0.1, 0.15) is 40.0 Å². The normalized spacial score (nSPS) is 15.1. The molecule has 6 nitrogen and oxygen atoms in total. The van der Waals surface area contributed by atoms with Crippen molar-refractivity contribution in [1.82, 2.24) is 5.32 Å². The monoisotopic (exact) mass is 290 g/mol. The first kappa shape index (κ1) is 15.0. The minimum atomic E-state index is -0.674. The van der Waals surface area contributed by atoms with Gasteiger partial charge in [0.05, 0.1) is 12.7 Å². The summed E-state index contributed by atoms with van der Waals surface area (Å²) < 4.78 is 4.61. The number of hydrogen-bond donors (Lipinski definition) is 2. The van der Waals surface area contributed by atoms with Gasteiger partial charge in [0.1, 0.15) is 6.04 Å². The van der Waals surface area contributed by atoms with Gasteiger partial charge >= 0.3 is 5.97 Å². The quantitative estimate of drug-likeness (QED) is 0.759. The van der Waals surface area contributed by atoms with E-state index in [1.807, 2.05) is 0 Å². The fraction of sp³-hybridized carbons (Fsp3) is 0.400. The van der Waals surface area contributed by atoms with Crippen molar-refractivity contribution >= 4 is 17.8 Å². The van der Waals surface area contributed by atoms with Crippen molar-refractivity contribution in [3.8, 4) is 0 Å². The van der Waals surface area contributed by atoms with Gasteiger partial charge in [0.25, 0.3) is 5.91 Å². The maximum atomic E-state index is 12.2. The van der Waals surface area contributed by atoms with Crippen LogP contribution in [-0.2, 0) is 9.53 Å². The second-order valence-electron chi connectivity index (χ2n) is 5.18. The van der Waals surface area contributed by atoms with Crippen molar-refractivity contribution in [2.75, 3.05) is 7.11 Å². The summed E-state index contributed by atoms with van der Waals surface area (Å²) in [5, 5.41) is 2.62. The molecule has 2 amide bonds. The summed E-state index contributed by atoms with van der Waals surface area (Å²) in [7, 11) is 1.27. The molecule has 3 N–H and O–H groups in total. The van der Waals surface area contributed by atoms with Crippen molar-refractivity contribution in [3.63, 3.8) is 0 Å². The number of methoxy groups -OCH3 is 1. The van der Waals surface area contributed by atoms with Crippen molar-refractivity contribution < 1.29 is 19.1 Å². The van der Waals surface area contributed by atoms with E-state index in [-0.39, 0.29) is 5.56 Å². The highest BCUT2D eigenvalue weighted by molar-refractivity contribution is 5.99. The Hall–Kier alpha value is -2.37. The van der Waals surface area contributed by atoms with Gasteiger partial charge in [-0.15, -0.1) is 0 Å². The van der Waals surface area contributed by atoms with E-state index in [1.165, 1.54) is 13.2 Å². The van der Waals surface area contributed by atoms with Crippen LogP contribution in [0.5, 0.6) is 0 Å². The molecule has 1 fully saturated rings. The summed E-state index contributed by atoms with van der Waals surface area (Å²) in [6.07, 6.45) is 2.70. The van der Waals surface area contributed by atoms with Crippen LogP contribution in [0.3, 0.4) is 0 Å². The molecule has 2 rings (SSSR count). The molecule has 0 radical (unpaired) electrons. The third kappa shape index (κ3) is 4.05. The van der Waals surface area contributed by atoms with E-state index >= 15 is 0 Å². The van der Waals surface area contributed by atoms with Gasteiger partial charge in [0.2, 0.25) is 5.91 Å². The molecule has 1 saturated carbocycles. The van der Waals surface area contributed by atoms with Gasteiger partial charge in [-0.25, -0.2) is 4.79 Å². The van der Waals surface area contributed by atoms with Crippen molar-refractivity contribution in [3.05, 3.63) is 35.4 Å². The molecule has 0 unspecified atom stereocenters. The first-order valence-electron chi connectivity index (χ1n) is 6.80. The minimum absolute atomic E-state index is 0.281. The molecule has 0 heterocycles. The average molecular weight is 290 g/mol. The predicted octanol–water partition coefficient (Wildman–Crippen LogP) is 0.857. The molecule has 0 aromatic heterocycles. The lowest BCUT2D eigenvalue weighted by molar-refractivity contribution is -0.120. The number of ether oxygens (including phenoxy) is 1. The first-order chi connectivity index (χ1) is 10.0. The second-order valence-corrected chi connectivity index (χ2v) is 5.18. The fourth-order valence-electron chi connectivity index (χ4n) is 2.08. The SMILES string of the molecule is COC(=O)c1cccc(C(=O)N[C@H](CC2CC2)C(N)=O)c1. The summed E-state index contributed by atoms with van der Waals surface area (Å²) >= 11 is 0. The molecule has 21 heavy (non-hydrogen) atoms. The third-order valence-electron chi connectivity index (χ3n) is 3.46. The van der Waals surface area contributed by atoms with Crippen molar-refractivity contribution in [2.24, 2.45) is 11.7 Å². The summed E-state index contributed by atoms with van der Waals surface area (Å²) in [5.74, 6) is -1.03. The Labute approximate surface area is 122 Å². The van der Waals surface area contributed by atoms with Crippen molar-refractivity contribution in [1.29, 1.82) is 0 Å². The molecule has 0 aliphatic heterocycles. The summed E-state index contributed by atoms with van der Waals surface area (Å²) in [5.41, 5.74) is 5.88. The Morgan fingerprint density at radius 3 is 2.57 bits per heavy atom. The topological polar surface area (TPSA) is 98.5 Å². The van der Waals surface area contributed by atoms with Crippen LogP contribution in [-0.4, -0.2) is 30.9 Å². The second kappa shape index (κ2) is 6.39. The lowest BCUT2D eigenvalue weighted by Crippen LogP contribution is -2.44. The van der Waals surface area contributed by atoms with E-state index in [2.05, 4.69) is 10.1 Å². The molecule has 1 aliphatic rings. The Morgan fingerprint density at radius 1 is 1.33 bits per heavy atom. The van der Waals surface area contributed by atoms with Gasteiger partial charge in [0, 0.05) is 5.56 Å². The molecule has 1 aliphatic carbocycles. The first-order valence-corrected chi connectivity index (χ1v) is 6.80. The van der Waals surface area contributed by atoms with Crippen LogP contribution in [0.4, 0.5) is 0 Å². The lowest BCUT2D eigenvalue weighted by Gasteiger charge is -2.15. The van der Waals surface area contributed by atoms with Gasteiger partial charge in [-0.1, -0.05) is 18.9 Å². The lowest BCUT2D eigenvalue weighted by atomic mass is 10.1. The Bertz CT molecular complexity index is 567. The average Bonchev–Trinajstić information content (AvgIpc) is 3.29. The smallest absolute Gasteiger partial charge is 0.337 e. The standard InChI is InChI=1S/C15H18N2O4/c1-21-15(20)11-4-2-3-10(8-11)14(19)17-12(13(16)18)7-9-5-6-9/h2-4,8-9,12H,5-7H2,1H3,(H2,16,18)(H,17,19)/t12-/m1/s1. The van der Waals surface area contributed by atoms with Gasteiger partial charge in [0.15, 0.2) is 0 Å². The number of nitrogens with one attached hydrogen (secondary N) is 1. The molecule has 1 aromatic rings. The van der Waals surface area contributed by atoms with E-state index < -0.39 is 23.8 Å². The molecule has 112 valence electrons. The zero-order chi connectivity index (χ0) is 15.4. The molecular formula is C15H18N2O4. The van der Waals surface area contributed by atoms with Crippen LogP contribution < -0.4 is 11.1 Å². The molecule has 1 atom stereocenters. The number of nitrogens with two attached hydrogens (primary N) is 1. The van der Waals surface area contributed by atoms with E-state index in [0.29, 0.717) is 17.9 Å². The molecular weight excluding hydrogens is 272 g/mol. The van der Waals surface area contributed by atoms with Crippen LogP contribution in [0.25, 0.3) is 0 Å². The van der Waals surface area contributed by atoms with Gasteiger partial charge in [-0.05, 0) is 30.5 Å².